The Bertz CT molecular complexity index is 524. The van der Waals surface area contributed by atoms with Crippen molar-refractivity contribution < 1.29 is 4.79 Å². The first kappa shape index (κ1) is 13.9. The zero-order valence-electron chi connectivity index (χ0n) is 10.7. The summed E-state index contributed by atoms with van der Waals surface area (Å²) in [6, 6.07) is 6.73. The Hall–Kier alpha value is -1.57. The van der Waals surface area contributed by atoms with Crippen molar-refractivity contribution in [3.63, 3.8) is 0 Å². The molecule has 1 heterocycles. The van der Waals surface area contributed by atoms with Gasteiger partial charge in [-0.2, -0.15) is 5.26 Å². The number of carbonyl (C=O) groups excluding carboxylic acids is 1. The third kappa shape index (κ3) is 3.46. The lowest BCUT2D eigenvalue weighted by molar-refractivity contribution is -0.119. The number of benzene rings is 1. The Balaban J connectivity index is 2.02. The minimum absolute atomic E-state index is 0.0488. The van der Waals surface area contributed by atoms with Crippen LogP contribution in [0, 0.1) is 17.2 Å². The quantitative estimate of drug-likeness (QED) is 0.873. The highest BCUT2D eigenvalue weighted by molar-refractivity contribution is 6.32. The second kappa shape index (κ2) is 6.05. The van der Waals surface area contributed by atoms with E-state index in [0.29, 0.717) is 22.2 Å². The molecule has 4 nitrogen and oxygen atoms in total. The van der Waals surface area contributed by atoms with Gasteiger partial charge in [-0.25, -0.2) is 0 Å². The van der Waals surface area contributed by atoms with E-state index in [1.165, 1.54) is 0 Å². The Morgan fingerprint density at radius 2 is 2.37 bits per heavy atom. The maximum absolute atomic E-state index is 12.1. The van der Waals surface area contributed by atoms with Crippen LogP contribution < -0.4 is 10.6 Å². The fraction of sp³-hybridized carbons (Fsp3) is 0.429. The molecule has 100 valence electrons. The monoisotopic (exact) mass is 277 g/mol. The van der Waals surface area contributed by atoms with Gasteiger partial charge in [0.25, 0.3) is 0 Å². The van der Waals surface area contributed by atoms with Gasteiger partial charge in [0.1, 0.15) is 6.07 Å². The summed E-state index contributed by atoms with van der Waals surface area (Å²) in [6.45, 7) is 3.02. The summed E-state index contributed by atoms with van der Waals surface area (Å²) in [6.07, 6.45) is 1.95. The third-order valence-electron chi connectivity index (χ3n) is 3.34. The van der Waals surface area contributed by atoms with Crippen LogP contribution in [-0.4, -0.2) is 18.5 Å². The Labute approximate surface area is 117 Å². The predicted octanol–water partition coefficient (Wildman–Crippen LogP) is 2.54. The van der Waals surface area contributed by atoms with Crippen LogP contribution in [0.2, 0.25) is 5.02 Å². The van der Waals surface area contributed by atoms with E-state index in [2.05, 4.69) is 17.6 Å². The zero-order chi connectivity index (χ0) is 13.8. The van der Waals surface area contributed by atoms with Gasteiger partial charge >= 0.3 is 0 Å². The zero-order valence-corrected chi connectivity index (χ0v) is 11.5. The smallest absolute Gasteiger partial charge is 0.241 e. The van der Waals surface area contributed by atoms with E-state index in [1.54, 1.807) is 18.2 Å². The molecule has 2 N–H and O–H groups in total. The number of rotatable bonds is 2. The molecule has 1 aromatic carbocycles. The second-order valence-electron chi connectivity index (χ2n) is 4.93. The number of halogens is 1. The highest BCUT2D eigenvalue weighted by Gasteiger charge is 2.24. The van der Waals surface area contributed by atoms with Crippen LogP contribution in [-0.2, 0) is 4.79 Å². The lowest BCUT2D eigenvalue weighted by Gasteiger charge is -2.27. The summed E-state index contributed by atoms with van der Waals surface area (Å²) in [4.78, 5) is 12.1. The molecule has 1 aliphatic heterocycles. The number of nitriles is 1. The van der Waals surface area contributed by atoms with E-state index in [-0.39, 0.29) is 11.9 Å². The Kier molecular flexibility index (Phi) is 4.41. The van der Waals surface area contributed by atoms with Gasteiger partial charge in [-0.3, -0.25) is 4.79 Å². The number of carbonyl (C=O) groups is 1. The first-order valence-electron chi connectivity index (χ1n) is 6.34. The molecular formula is C14H16ClN3O. The molecule has 0 saturated carbocycles. The molecule has 2 unspecified atom stereocenters. The Morgan fingerprint density at radius 3 is 3.00 bits per heavy atom. The molecule has 2 rings (SSSR count). The fourth-order valence-corrected chi connectivity index (χ4v) is 2.44. The largest absolute Gasteiger partial charge is 0.325 e. The van der Waals surface area contributed by atoms with Crippen LogP contribution in [0.25, 0.3) is 0 Å². The number of anilines is 1. The summed E-state index contributed by atoms with van der Waals surface area (Å²) in [5, 5.41) is 15.2. The normalized spacial score (nSPS) is 22.6. The maximum Gasteiger partial charge on any atom is 0.241 e. The van der Waals surface area contributed by atoms with Crippen molar-refractivity contribution in [1.82, 2.24) is 5.32 Å². The van der Waals surface area contributed by atoms with Crippen LogP contribution in [0.5, 0.6) is 0 Å². The number of piperidine rings is 1. The van der Waals surface area contributed by atoms with Crippen LogP contribution >= 0.6 is 11.6 Å². The number of hydrogen-bond acceptors (Lipinski definition) is 3. The average Bonchev–Trinajstić information content (AvgIpc) is 2.39. The van der Waals surface area contributed by atoms with Crippen molar-refractivity contribution in [3.05, 3.63) is 28.8 Å². The topological polar surface area (TPSA) is 64.9 Å². The summed E-state index contributed by atoms with van der Waals surface area (Å²) in [5.41, 5.74) is 1.03. The molecule has 1 aromatic rings. The standard InChI is InChI=1S/C14H16ClN3O/c1-9-4-5-17-13(6-9)14(19)18-11-3-2-10(8-16)12(15)7-11/h2-3,7,9,13,17H,4-6H2,1H3,(H,18,19). The van der Waals surface area contributed by atoms with Gasteiger partial charge in [0.15, 0.2) is 0 Å². The number of hydrogen-bond donors (Lipinski definition) is 2. The van der Waals surface area contributed by atoms with E-state index >= 15 is 0 Å². The van der Waals surface area contributed by atoms with Crippen molar-refractivity contribution in [3.8, 4) is 6.07 Å². The van der Waals surface area contributed by atoms with Gasteiger partial charge in [0.2, 0.25) is 5.91 Å². The highest BCUT2D eigenvalue weighted by atomic mass is 35.5. The summed E-state index contributed by atoms with van der Waals surface area (Å²) < 4.78 is 0. The molecule has 0 radical (unpaired) electrons. The molecule has 0 aliphatic carbocycles. The van der Waals surface area contributed by atoms with Crippen LogP contribution in [0.4, 0.5) is 5.69 Å². The van der Waals surface area contributed by atoms with Crippen molar-refractivity contribution in [2.24, 2.45) is 5.92 Å². The predicted molar refractivity (Wildman–Crippen MR) is 75.0 cm³/mol. The fourth-order valence-electron chi connectivity index (χ4n) is 2.22. The van der Waals surface area contributed by atoms with E-state index in [1.807, 2.05) is 6.07 Å². The first-order valence-corrected chi connectivity index (χ1v) is 6.72. The molecule has 1 aliphatic rings. The second-order valence-corrected chi connectivity index (χ2v) is 5.34. The summed E-state index contributed by atoms with van der Waals surface area (Å²) in [5.74, 6) is 0.508. The molecule has 19 heavy (non-hydrogen) atoms. The van der Waals surface area contributed by atoms with Gasteiger partial charge in [-0.1, -0.05) is 18.5 Å². The molecule has 0 aromatic heterocycles. The molecule has 1 fully saturated rings. The summed E-state index contributed by atoms with van der Waals surface area (Å²) >= 11 is 5.93. The minimum Gasteiger partial charge on any atom is -0.325 e. The van der Waals surface area contributed by atoms with Crippen molar-refractivity contribution >= 4 is 23.2 Å². The SMILES string of the molecule is CC1CCNC(C(=O)Nc2ccc(C#N)c(Cl)c2)C1. The van der Waals surface area contributed by atoms with Crippen molar-refractivity contribution in [2.45, 2.75) is 25.8 Å². The molecule has 1 amide bonds. The van der Waals surface area contributed by atoms with Gasteiger partial charge in [0, 0.05) is 5.69 Å². The van der Waals surface area contributed by atoms with E-state index in [0.717, 1.165) is 19.4 Å². The highest BCUT2D eigenvalue weighted by Crippen LogP contribution is 2.21. The van der Waals surface area contributed by atoms with E-state index in [9.17, 15) is 4.79 Å². The van der Waals surface area contributed by atoms with Crippen LogP contribution in [0.1, 0.15) is 25.3 Å². The number of amides is 1. The van der Waals surface area contributed by atoms with E-state index < -0.39 is 0 Å². The third-order valence-corrected chi connectivity index (χ3v) is 3.65. The molecule has 1 saturated heterocycles. The van der Waals surface area contributed by atoms with Crippen LogP contribution in [0.15, 0.2) is 18.2 Å². The average molecular weight is 278 g/mol. The van der Waals surface area contributed by atoms with E-state index in [4.69, 9.17) is 16.9 Å². The lowest BCUT2D eigenvalue weighted by Crippen LogP contribution is -2.45. The molecular weight excluding hydrogens is 262 g/mol. The number of nitrogens with zero attached hydrogens (tertiary/aromatic N) is 1. The van der Waals surface area contributed by atoms with Gasteiger partial charge in [-0.05, 0) is 43.5 Å². The summed E-state index contributed by atoms with van der Waals surface area (Å²) in [7, 11) is 0. The van der Waals surface area contributed by atoms with Crippen LogP contribution in [0.3, 0.4) is 0 Å². The van der Waals surface area contributed by atoms with Crippen molar-refractivity contribution in [2.75, 3.05) is 11.9 Å². The number of nitrogens with one attached hydrogen (secondary N) is 2. The molecule has 5 heteroatoms. The van der Waals surface area contributed by atoms with Gasteiger partial charge in [0.05, 0.1) is 16.6 Å². The molecule has 0 spiro atoms. The molecule has 2 atom stereocenters. The molecule has 0 bridgehead atoms. The maximum atomic E-state index is 12.1. The minimum atomic E-state index is -0.154. The lowest BCUT2D eigenvalue weighted by atomic mass is 9.94. The van der Waals surface area contributed by atoms with Gasteiger partial charge in [-0.15, -0.1) is 0 Å². The Morgan fingerprint density at radius 1 is 1.58 bits per heavy atom. The first-order chi connectivity index (χ1) is 9.10. The van der Waals surface area contributed by atoms with Crippen molar-refractivity contribution in [1.29, 1.82) is 5.26 Å². The van der Waals surface area contributed by atoms with Gasteiger partial charge < -0.3 is 10.6 Å².